The largest absolute Gasteiger partial charge is 0.416 e. The zero-order valence-corrected chi connectivity index (χ0v) is 14.9. The molecule has 29 heavy (non-hydrogen) atoms. The van der Waals surface area contributed by atoms with Crippen LogP contribution in [0.5, 0.6) is 0 Å². The number of benzene rings is 2. The average Bonchev–Trinajstić information content (AvgIpc) is 2.90. The molecule has 1 heterocycles. The minimum atomic E-state index is -4.61. The van der Waals surface area contributed by atoms with Gasteiger partial charge in [-0.05, 0) is 29.8 Å². The number of hydrogen-bond acceptors (Lipinski definition) is 2. The van der Waals surface area contributed by atoms with E-state index in [9.17, 15) is 31.5 Å². The Hall–Kier alpha value is -3.04. The van der Waals surface area contributed by atoms with Gasteiger partial charge in [0.15, 0.2) is 11.6 Å². The summed E-state index contributed by atoms with van der Waals surface area (Å²) in [6, 6.07) is 6.22. The van der Waals surface area contributed by atoms with E-state index in [4.69, 9.17) is 0 Å². The van der Waals surface area contributed by atoms with E-state index >= 15 is 4.39 Å². The number of halogens is 6. The molecule has 4 nitrogen and oxygen atoms in total. The molecule has 2 amide bonds. The van der Waals surface area contributed by atoms with E-state index in [1.165, 1.54) is 7.05 Å². The number of likely N-dealkylation sites (tertiary alicyclic amines) is 1. The SMILES string of the molecule is CN1C[C@H](c2ccc(C(F)(F)F)cc2)[C@@](F)(C(=O)Nc2cccc(F)c2F)C1=O. The molecule has 0 aliphatic carbocycles. The van der Waals surface area contributed by atoms with Crippen LogP contribution in [0.25, 0.3) is 0 Å². The maximum atomic E-state index is 15.7. The first kappa shape index (κ1) is 20.7. The molecule has 1 N–H and O–H groups in total. The zero-order valence-electron chi connectivity index (χ0n) is 14.9. The fourth-order valence-corrected chi connectivity index (χ4v) is 3.22. The van der Waals surface area contributed by atoms with Crippen molar-refractivity contribution >= 4 is 17.5 Å². The molecule has 2 atom stereocenters. The second-order valence-corrected chi connectivity index (χ2v) is 6.63. The lowest BCUT2D eigenvalue weighted by molar-refractivity contribution is -0.144. The number of carbonyl (C=O) groups excluding carboxylic acids is 2. The van der Waals surface area contributed by atoms with Crippen LogP contribution < -0.4 is 5.32 Å². The van der Waals surface area contributed by atoms with Gasteiger partial charge in [0.1, 0.15) is 0 Å². The van der Waals surface area contributed by atoms with E-state index < -0.39 is 52.5 Å². The van der Waals surface area contributed by atoms with Gasteiger partial charge in [0.25, 0.3) is 17.5 Å². The predicted octanol–water partition coefficient (Wildman–Crippen LogP) is 3.89. The van der Waals surface area contributed by atoms with E-state index in [0.717, 1.165) is 35.2 Å². The highest BCUT2D eigenvalue weighted by Gasteiger charge is 2.60. The van der Waals surface area contributed by atoms with Crippen molar-refractivity contribution in [1.82, 2.24) is 4.90 Å². The highest BCUT2D eigenvalue weighted by molar-refractivity contribution is 6.15. The third-order valence-electron chi connectivity index (χ3n) is 4.77. The van der Waals surface area contributed by atoms with Crippen molar-refractivity contribution in [2.24, 2.45) is 0 Å². The Bertz CT molecular complexity index is 960. The summed E-state index contributed by atoms with van der Waals surface area (Å²) in [6.07, 6.45) is -4.61. The second kappa shape index (κ2) is 7.09. The Morgan fingerprint density at radius 3 is 2.34 bits per heavy atom. The van der Waals surface area contributed by atoms with E-state index in [-0.39, 0.29) is 12.1 Å². The van der Waals surface area contributed by atoms with Gasteiger partial charge in [0.2, 0.25) is 0 Å². The molecule has 1 saturated heterocycles. The molecule has 0 radical (unpaired) electrons. The summed E-state index contributed by atoms with van der Waals surface area (Å²) in [7, 11) is 1.22. The molecule has 0 bridgehead atoms. The van der Waals surface area contributed by atoms with E-state index in [1.54, 1.807) is 0 Å². The first-order chi connectivity index (χ1) is 13.5. The van der Waals surface area contributed by atoms with Crippen molar-refractivity contribution in [3.05, 3.63) is 65.2 Å². The Labute approximate surface area is 161 Å². The Morgan fingerprint density at radius 1 is 1.14 bits per heavy atom. The molecule has 0 spiro atoms. The molecule has 2 aromatic carbocycles. The molecule has 154 valence electrons. The summed E-state index contributed by atoms with van der Waals surface area (Å²) in [4.78, 5) is 25.8. The van der Waals surface area contributed by atoms with Crippen molar-refractivity contribution in [1.29, 1.82) is 0 Å². The number of carbonyl (C=O) groups is 2. The van der Waals surface area contributed by atoms with Crippen molar-refractivity contribution in [2.75, 3.05) is 18.9 Å². The third kappa shape index (κ3) is 3.54. The fraction of sp³-hybridized carbons (Fsp3) is 0.263. The zero-order chi connectivity index (χ0) is 21.6. The average molecular weight is 416 g/mol. The van der Waals surface area contributed by atoms with Crippen molar-refractivity contribution < 1.29 is 35.9 Å². The maximum Gasteiger partial charge on any atom is 0.416 e. The molecule has 0 aromatic heterocycles. The summed E-state index contributed by atoms with van der Waals surface area (Å²) in [6.45, 7) is -0.292. The fourth-order valence-electron chi connectivity index (χ4n) is 3.22. The third-order valence-corrected chi connectivity index (χ3v) is 4.77. The number of amides is 2. The minimum Gasteiger partial charge on any atom is -0.342 e. The summed E-state index contributed by atoms with van der Waals surface area (Å²) in [5.74, 6) is -6.95. The molecule has 0 unspecified atom stereocenters. The normalized spacial score (nSPS) is 22.1. The van der Waals surface area contributed by atoms with Crippen LogP contribution in [0.2, 0.25) is 0 Å². The Balaban J connectivity index is 1.96. The van der Waals surface area contributed by atoms with Gasteiger partial charge in [0.05, 0.1) is 17.2 Å². The second-order valence-electron chi connectivity index (χ2n) is 6.63. The molecule has 1 aliphatic rings. The summed E-state index contributed by atoms with van der Waals surface area (Å²) in [5, 5.41) is 1.86. The van der Waals surface area contributed by atoms with Crippen LogP contribution in [0.1, 0.15) is 17.0 Å². The number of rotatable bonds is 3. The number of hydrogen-bond donors (Lipinski definition) is 1. The topological polar surface area (TPSA) is 49.4 Å². The van der Waals surface area contributed by atoms with E-state index in [2.05, 4.69) is 0 Å². The number of likely N-dealkylation sites (N-methyl/N-ethyl adjacent to an activating group) is 1. The van der Waals surface area contributed by atoms with Crippen LogP contribution in [-0.4, -0.2) is 36.0 Å². The van der Waals surface area contributed by atoms with Gasteiger partial charge >= 0.3 is 6.18 Å². The van der Waals surface area contributed by atoms with Gasteiger partial charge < -0.3 is 10.2 Å². The van der Waals surface area contributed by atoms with Crippen LogP contribution >= 0.6 is 0 Å². The highest BCUT2D eigenvalue weighted by atomic mass is 19.4. The highest BCUT2D eigenvalue weighted by Crippen LogP contribution is 2.41. The van der Waals surface area contributed by atoms with Crippen LogP contribution in [0, 0.1) is 11.6 Å². The predicted molar refractivity (Wildman–Crippen MR) is 90.6 cm³/mol. The quantitative estimate of drug-likeness (QED) is 0.610. The lowest BCUT2D eigenvalue weighted by Gasteiger charge is -2.24. The molecular formula is C19H14F6N2O2. The lowest BCUT2D eigenvalue weighted by atomic mass is 9.84. The number of anilines is 1. The van der Waals surface area contributed by atoms with Crippen LogP contribution in [-0.2, 0) is 15.8 Å². The van der Waals surface area contributed by atoms with Gasteiger partial charge in [-0.25, -0.2) is 13.2 Å². The number of alkyl halides is 4. The maximum absolute atomic E-state index is 15.7. The number of nitrogens with zero attached hydrogens (tertiary/aromatic N) is 1. The van der Waals surface area contributed by atoms with Crippen molar-refractivity contribution in [3.8, 4) is 0 Å². The molecule has 1 fully saturated rings. The Morgan fingerprint density at radius 2 is 1.76 bits per heavy atom. The first-order valence-corrected chi connectivity index (χ1v) is 8.33. The molecule has 1 aliphatic heterocycles. The van der Waals surface area contributed by atoms with Gasteiger partial charge in [-0.3, -0.25) is 9.59 Å². The molecular weight excluding hydrogens is 402 g/mol. The molecule has 10 heteroatoms. The van der Waals surface area contributed by atoms with Gasteiger partial charge in [-0.15, -0.1) is 0 Å². The Kier molecular flexibility index (Phi) is 5.06. The first-order valence-electron chi connectivity index (χ1n) is 8.33. The minimum absolute atomic E-state index is 0.0203. The van der Waals surface area contributed by atoms with Gasteiger partial charge in [0, 0.05) is 13.6 Å². The molecule has 3 rings (SSSR count). The monoisotopic (exact) mass is 416 g/mol. The van der Waals surface area contributed by atoms with E-state index in [0.29, 0.717) is 12.1 Å². The number of nitrogens with one attached hydrogen (secondary N) is 1. The molecule has 2 aromatic rings. The van der Waals surface area contributed by atoms with Crippen molar-refractivity contribution in [2.45, 2.75) is 17.8 Å². The smallest absolute Gasteiger partial charge is 0.342 e. The summed E-state index contributed by atoms with van der Waals surface area (Å²) >= 11 is 0. The van der Waals surface area contributed by atoms with Crippen LogP contribution in [0.3, 0.4) is 0 Å². The van der Waals surface area contributed by atoms with Crippen LogP contribution in [0.15, 0.2) is 42.5 Å². The lowest BCUT2D eigenvalue weighted by Crippen LogP contribution is -2.48. The standard InChI is InChI=1S/C19H14F6N2O2/c1-27-9-12(10-5-7-11(8-6-10)19(23,24)25)18(22,17(27)29)16(28)26-14-4-2-3-13(20)15(14)21/h2-8,12H,9H2,1H3,(H,26,28)/t12-,18-/m1/s1. The van der Waals surface area contributed by atoms with Gasteiger partial charge in [-0.2, -0.15) is 13.2 Å². The van der Waals surface area contributed by atoms with Gasteiger partial charge in [-0.1, -0.05) is 18.2 Å². The summed E-state index contributed by atoms with van der Waals surface area (Å²) in [5.41, 5.74) is -4.88. The summed E-state index contributed by atoms with van der Waals surface area (Å²) < 4.78 is 81.1. The van der Waals surface area contributed by atoms with E-state index in [1.807, 2.05) is 5.32 Å². The van der Waals surface area contributed by atoms with Crippen LogP contribution in [0.4, 0.5) is 32.0 Å². The molecule has 0 saturated carbocycles. The van der Waals surface area contributed by atoms with Crippen molar-refractivity contribution in [3.63, 3.8) is 0 Å².